The first-order chi connectivity index (χ1) is 13.6. The first-order valence-corrected chi connectivity index (χ1v) is 10.3. The van der Waals surface area contributed by atoms with Gasteiger partial charge in [0, 0.05) is 19.9 Å². The van der Waals surface area contributed by atoms with Gasteiger partial charge < -0.3 is 4.74 Å². The van der Waals surface area contributed by atoms with Gasteiger partial charge in [0.15, 0.2) is 0 Å². The number of pyridine rings is 1. The molecular weight excluding hydrogens is 482 g/mol. The Morgan fingerprint density at radius 2 is 1.50 bits per heavy atom. The molecule has 4 rings (SSSR count). The number of benzene rings is 3. The molecule has 0 aliphatic rings. The van der Waals surface area contributed by atoms with Crippen molar-refractivity contribution in [3.05, 3.63) is 98.9 Å². The highest BCUT2D eigenvalue weighted by molar-refractivity contribution is 9.10. The summed E-state index contributed by atoms with van der Waals surface area (Å²) >= 11 is 6.85. The van der Waals surface area contributed by atoms with Crippen LogP contribution >= 0.6 is 31.9 Å². The van der Waals surface area contributed by atoms with Crippen molar-refractivity contribution < 1.29 is 9.53 Å². The number of rotatable bonds is 4. The SMILES string of the molecule is O=C(OCc1ccc(Br)cc1)c1cc(-c2ccc(Br)cc2)nc2ccccc12. The van der Waals surface area contributed by atoms with Crippen molar-refractivity contribution in [3.8, 4) is 11.3 Å². The molecule has 3 aromatic carbocycles. The van der Waals surface area contributed by atoms with Crippen molar-refractivity contribution in [2.24, 2.45) is 0 Å². The van der Waals surface area contributed by atoms with E-state index in [4.69, 9.17) is 9.72 Å². The third-order valence-electron chi connectivity index (χ3n) is 4.36. The molecule has 0 atom stereocenters. The largest absolute Gasteiger partial charge is 0.457 e. The fourth-order valence-electron chi connectivity index (χ4n) is 2.92. The van der Waals surface area contributed by atoms with Gasteiger partial charge in [-0.25, -0.2) is 9.78 Å². The van der Waals surface area contributed by atoms with E-state index < -0.39 is 0 Å². The Bertz CT molecular complexity index is 1140. The Labute approximate surface area is 179 Å². The van der Waals surface area contributed by atoms with Crippen LogP contribution < -0.4 is 0 Å². The number of ether oxygens (including phenoxy) is 1. The van der Waals surface area contributed by atoms with Gasteiger partial charge in [-0.05, 0) is 42.0 Å². The molecule has 0 aliphatic heterocycles. The number of para-hydroxylation sites is 1. The van der Waals surface area contributed by atoms with Crippen LogP contribution in [-0.2, 0) is 11.3 Å². The van der Waals surface area contributed by atoms with Gasteiger partial charge in [-0.3, -0.25) is 0 Å². The topological polar surface area (TPSA) is 39.2 Å². The molecule has 3 nitrogen and oxygen atoms in total. The molecule has 0 spiro atoms. The van der Waals surface area contributed by atoms with Crippen molar-refractivity contribution in [3.63, 3.8) is 0 Å². The summed E-state index contributed by atoms with van der Waals surface area (Å²) < 4.78 is 7.56. The molecule has 0 unspecified atom stereocenters. The number of fused-ring (bicyclic) bond motifs is 1. The van der Waals surface area contributed by atoms with Crippen LogP contribution in [0.3, 0.4) is 0 Å². The zero-order valence-electron chi connectivity index (χ0n) is 14.7. The molecule has 0 N–H and O–H groups in total. The molecule has 0 saturated heterocycles. The standard InChI is InChI=1S/C23H15Br2NO2/c24-17-9-5-15(6-10-17)14-28-23(27)20-13-22(16-7-11-18(25)12-8-16)26-21-4-2-1-3-19(20)21/h1-13H,14H2. The van der Waals surface area contributed by atoms with Crippen molar-refractivity contribution in [2.45, 2.75) is 6.61 Å². The molecule has 138 valence electrons. The highest BCUT2D eigenvalue weighted by Gasteiger charge is 2.15. The van der Waals surface area contributed by atoms with Gasteiger partial charge in [0.2, 0.25) is 0 Å². The minimum atomic E-state index is -0.361. The number of hydrogen-bond acceptors (Lipinski definition) is 3. The van der Waals surface area contributed by atoms with Gasteiger partial charge in [-0.2, -0.15) is 0 Å². The van der Waals surface area contributed by atoms with Crippen molar-refractivity contribution in [1.82, 2.24) is 4.98 Å². The van der Waals surface area contributed by atoms with Crippen LogP contribution in [0.4, 0.5) is 0 Å². The molecule has 28 heavy (non-hydrogen) atoms. The van der Waals surface area contributed by atoms with Crippen LogP contribution in [0.2, 0.25) is 0 Å². The number of esters is 1. The zero-order chi connectivity index (χ0) is 19.5. The molecule has 5 heteroatoms. The first kappa shape index (κ1) is 18.8. The van der Waals surface area contributed by atoms with E-state index in [1.807, 2.05) is 72.8 Å². The summed E-state index contributed by atoms with van der Waals surface area (Å²) in [6, 6.07) is 25.0. The van der Waals surface area contributed by atoms with Gasteiger partial charge in [0.05, 0.1) is 16.8 Å². The number of carbonyl (C=O) groups is 1. The molecule has 1 aromatic heterocycles. The molecule has 0 saturated carbocycles. The van der Waals surface area contributed by atoms with E-state index >= 15 is 0 Å². The van der Waals surface area contributed by atoms with E-state index in [0.29, 0.717) is 5.56 Å². The second-order valence-electron chi connectivity index (χ2n) is 6.28. The normalized spacial score (nSPS) is 10.8. The Morgan fingerprint density at radius 3 is 2.21 bits per heavy atom. The van der Waals surface area contributed by atoms with Gasteiger partial charge >= 0.3 is 5.97 Å². The summed E-state index contributed by atoms with van der Waals surface area (Å²) in [5, 5.41) is 0.782. The Morgan fingerprint density at radius 1 is 0.857 bits per heavy atom. The van der Waals surface area contributed by atoms with E-state index in [9.17, 15) is 4.79 Å². The van der Waals surface area contributed by atoms with Gasteiger partial charge in [0.25, 0.3) is 0 Å². The molecular formula is C23H15Br2NO2. The minimum Gasteiger partial charge on any atom is -0.457 e. The van der Waals surface area contributed by atoms with Gasteiger partial charge in [-0.1, -0.05) is 74.3 Å². The quantitative estimate of drug-likeness (QED) is 0.292. The average molecular weight is 497 g/mol. The van der Waals surface area contributed by atoms with E-state index in [2.05, 4.69) is 31.9 Å². The third-order valence-corrected chi connectivity index (χ3v) is 5.42. The van der Waals surface area contributed by atoms with Crippen molar-refractivity contribution in [2.75, 3.05) is 0 Å². The zero-order valence-corrected chi connectivity index (χ0v) is 17.9. The highest BCUT2D eigenvalue weighted by atomic mass is 79.9. The maximum Gasteiger partial charge on any atom is 0.339 e. The van der Waals surface area contributed by atoms with Crippen LogP contribution in [0, 0.1) is 0 Å². The summed E-state index contributed by atoms with van der Waals surface area (Å²) in [4.78, 5) is 17.6. The maximum atomic E-state index is 12.9. The third kappa shape index (κ3) is 4.16. The predicted molar refractivity (Wildman–Crippen MR) is 118 cm³/mol. The van der Waals surface area contributed by atoms with E-state index in [1.165, 1.54) is 0 Å². The Hall–Kier alpha value is -2.50. The monoisotopic (exact) mass is 495 g/mol. The molecule has 0 radical (unpaired) electrons. The lowest BCUT2D eigenvalue weighted by molar-refractivity contribution is 0.0475. The maximum absolute atomic E-state index is 12.9. The molecule has 1 heterocycles. The van der Waals surface area contributed by atoms with Gasteiger partial charge in [0.1, 0.15) is 6.61 Å². The Balaban J connectivity index is 1.69. The number of nitrogens with zero attached hydrogens (tertiary/aromatic N) is 1. The summed E-state index contributed by atoms with van der Waals surface area (Å²) in [6.07, 6.45) is 0. The second kappa shape index (κ2) is 8.25. The smallest absolute Gasteiger partial charge is 0.339 e. The number of halogens is 2. The molecule has 0 aliphatic carbocycles. The number of carbonyl (C=O) groups excluding carboxylic acids is 1. The van der Waals surface area contributed by atoms with Crippen LogP contribution in [0.15, 0.2) is 87.8 Å². The lowest BCUT2D eigenvalue weighted by Crippen LogP contribution is -2.07. The van der Waals surface area contributed by atoms with E-state index in [0.717, 1.165) is 36.7 Å². The number of aromatic nitrogens is 1. The summed E-state index contributed by atoms with van der Waals surface area (Å²) in [7, 11) is 0. The number of hydrogen-bond donors (Lipinski definition) is 0. The summed E-state index contributed by atoms with van der Waals surface area (Å²) in [5.74, 6) is -0.361. The lowest BCUT2D eigenvalue weighted by Gasteiger charge is -2.10. The molecule has 0 amide bonds. The molecule has 0 bridgehead atoms. The van der Waals surface area contributed by atoms with Crippen molar-refractivity contribution in [1.29, 1.82) is 0 Å². The van der Waals surface area contributed by atoms with Crippen LogP contribution in [0.25, 0.3) is 22.2 Å². The predicted octanol–water partition coefficient (Wildman–Crippen LogP) is 6.78. The second-order valence-corrected chi connectivity index (χ2v) is 8.11. The van der Waals surface area contributed by atoms with E-state index in [-0.39, 0.29) is 12.6 Å². The van der Waals surface area contributed by atoms with Gasteiger partial charge in [-0.15, -0.1) is 0 Å². The molecule has 4 aromatic rings. The first-order valence-electron chi connectivity index (χ1n) is 8.67. The van der Waals surface area contributed by atoms with Crippen LogP contribution in [-0.4, -0.2) is 11.0 Å². The van der Waals surface area contributed by atoms with Crippen molar-refractivity contribution >= 4 is 48.7 Å². The average Bonchev–Trinajstić information content (AvgIpc) is 2.73. The van der Waals surface area contributed by atoms with E-state index in [1.54, 1.807) is 6.07 Å². The fraction of sp³-hybridized carbons (Fsp3) is 0.0435. The van der Waals surface area contributed by atoms with Crippen LogP contribution in [0.5, 0.6) is 0 Å². The van der Waals surface area contributed by atoms with Crippen LogP contribution in [0.1, 0.15) is 15.9 Å². The Kier molecular flexibility index (Phi) is 5.55. The fourth-order valence-corrected chi connectivity index (χ4v) is 3.45. The highest BCUT2D eigenvalue weighted by Crippen LogP contribution is 2.26. The molecule has 0 fully saturated rings. The minimum absolute atomic E-state index is 0.219. The summed E-state index contributed by atoms with van der Waals surface area (Å²) in [6.45, 7) is 0.219. The lowest BCUT2D eigenvalue weighted by atomic mass is 10.0. The summed E-state index contributed by atoms with van der Waals surface area (Å²) in [5.41, 5.74) is 3.89.